The molecule has 1 N–H and O–H groups in total. The molecular formula is C19H22N2O4. The number of aromatic hydroxyl groups is 1. The summed E-state index contributed by atoms with van der Waals surface area (Å²) in [6, 6.07) is 9.62. The molecule has 3 rings (SSSR count). The number of benzene rings is 1. The number of nitrogens with zero attached hydrogens (tertiary/aromatic N) is 2. The summed E-state index contributed by atoms with van der Waals surface area (Å²) >= 11 is 0. The number of likely N-dealkylation sites (N-methyl/N-ethyl adjacent to an activating group) is 1. The number of carbonyl (C=O) groups excluding carboxylic acids is 2. The van der Waals surface area contributed by atoms with Gasteiger partial charge in [-0.1, -0.05) is 12.1 Å². The van der Waals surface area contributed by atoms with Gasteiger partial charge in [0.1, 0.15) is 23.3 Å². The Kier molecular flexibility index (Phi) is 4.79. The monoisotopic (exact) mass is 342 g/mol. The Morgan fingerprint density at radius 1 is 1.28 bits per heavy atom. The van der Waals surface area contributed by atoms with E-state index >= 15 is 0 Å². The van der Waals surface area contributed by atoms with Crippen molar-refractivity contribution in [1.82, 2.24) is 9.80 Å². The quantitative estimate of drug-likeness (QED) is 0.927. The van der Waals surface area contributed by atoms with E-state index in [1.807, 2.05) is 19.1 Å². The molecule has 132 valence electrons. The van der Waals surface area contributed by atoms with Gasteiger partial charge in [-0.05, 0) is 44.0 Å². The lowest BCUT2D eigenvalue weighted by molar-refractivity contribution is -0.134. The van der Waals surface area contributed by atoms with Crippen LogP contribution in [0.15, 0.2) is 40.8 Å². The lowest BCUT2D eigenvalue weighted by Crippen LogP contribution is -2.46. The summed E-state index contributed by atoms with van der Waals surface area (Å²) in [4.78, 5) is 28.7. The van der Waals surface area contributed by atoms with Crippen molar-refractivity contribution in [3.8, 4) is 5.75 Å². The SMILES string of the molecule is Cc1ccc(CN(C)C(=O)[C@H]2CCCN2C(=O)c2ccccc2O)o1. The maximum Gasteiger partial charge on any atom is 0.258 e. The van der Waals surface area contributed by atoms with Gasteiger partial charge in [0.2, 0.25) is 5.91 Å². The number of para-hydroxylation sites is 1. The van der Waals surface area contributed by atoms with Crippen molar-refractivity contribution in [3.05, 3.63) is 53.5 Å². The molecule has 6 nitrogen and oxygen atoms in total. The van der Waals surface area contributed by atoms with Crippen LogP contribution in [0.5, 0.6) is 5.75 Å². The first-order valence-corrected chi connectivity index (χ1v) is 8.36. The summed E-state index contributed by atoms with van der Waals surface area (Å²) < 4.78 is 5.52. The number of likely N-dealkylation sites (tertiary alicyclic amines) is 1. The predicted octanol–water partition coefficient (Wildman–Crippen LogP) is 2.56. The van der Waals surface area contributed by atoms with Crippen LogP contribution < -0.4 is 0 Å². The fourth-order valence-corrected chi connectivity index (χ4v) is 3.21. The van der Waals surface area contributed by atoms with Gasteiger partial charge in [0, 0.05) is 13.6 Å². The van der Waals surface area contributed by atoms with E-state index < -0.39 is 6.04 Å². The molecule has 25 heavy (non-hydrogen) atoms. The molecule has 1 aromatic carbocycles. The number of phenolic OH excluding ortho intramolecular Hbond substituents is 1. The smallest absolute Gasteiger partial charge is 0.258 e. The van der Waals surface area contributed by atoms with Crippen LogP contribution >= 0.6 is 0 Å². The molecule has 1 aromatic heterocycles. The van der Waals surface area contributed by atoms with Crippen LogP contribution in [0.2, 0.25) is 0 Å². The third-order valence-corrected chi connectivity index (χ3v) is 4.50. The molecule has 0 radical (unpaired) electrons. The number of furan rings is 1. The molecule has 2 amide bonds. The molecule has 0 bridgehead atoms. The first-order valence-electron chi connectivity index (χ1n) is 8.36. The molecule has 0 saturated carbocycles. The number of hydrogen-bond acceptors (Lipinski definition) is 4. The topological polar surface area (TPSA) is 74.0 Å². The number of phenols is 1. The summed E-state index contributed by atoms with van der Waals surface area (Å²) in [7, 11) is 1.71. The summed E-state index contributed by atoms with van der Waals surface area (Å²) in [6.45, 7) is 2.73. The molecule has 6 heteroatoms. The Balaban J connectivity index is 1.73. The van der Waals surface area contributed by atoms with Gasteiger partial charge in [-0.15, -0.1) is 0 Å². The molecule has 2 heterocycles. The third kappa shape index (κ3) is 3.52. The van der Waals surface area contributed by atoms with Crippen molar-refractivity contribution in [2.24, 2.45) is 0 Å². The Labute approximate surface area is 146 Å². The first kappa shape index (κ1) is 17.1. The van der Waals surface area contributed by atoms with Gasteiger partial charge in [0.15, 0.2) is 0 Å². The fraction of sp³-hybridized carbons (Fsp3) is 0.368. The zero-order chi connectivity index (χ0) is 18.0. The average molecular weight is 342 g/mol. The number of hydrogen-bond donors (Lipinski definition) is 1. The number of amides is 2. The molecule has 0 unspecified atom stereocenters. The normalized spacial score (nSPS) is 16.9. The van der Waals surface area contributed by atoms with Gasteiger partial charge in [0.25, 0.3) is 5.91 Å². The highest BCUT2D eigenvalue weighted by molar-refractivity contribution is 5.99. The average Bonchev–Trinajstić information content (AvgIpc) is 3.23. The Morgan fingerprint density at radius 3 is 2.72 bits per heavy atom. The number of rotatable bonds is 4. The summed E-state index contributed by atoms with van der Waals surface area (Å²) in [5.41, 5.74) is 0.228. The Hall–Kier alpha value is -2.76. The molecule has 1 aliphatic rings. The summed E-state index contributed by atoms with van der Waals surface area (Å²) in [6.07, 6.45) is 1.39. The van der Waals surface area contributed by atoms with Crippen molar-refractivity contribution in [2.45, 2.75) is 32.4 Å². The van der Waals surface area contributed by atoms with Gasteiger partial charge >= 0.3 is 0 Å². The van der Waals surface area contributed by atoms with E-state index in [2.05, 4.69) is 0 Å². The Morgan fingerprint density at radius 2 is 2.04 bits per heavy atom. The zero-order valence-electron chi connectivity index (χ0n) is 14.4. The second-order valence-electron chi connectivity index (χ2n) is 6.38. The van der Waals surface area contributed by atoms with E-state index in [0.717, 1.165) is 12.2 Å². The van der Waals surface area contributed by atoms with Gasteiger partial charge < -0.3 is 19.3 Å². The Bertz CT molecular complexity index is 783. The first-order chi connectivity index (χ1) is 12.0. The van der Waals surface area contributed by atoms with Gasteiger partial charge in [-0.2, -0.15) is 0 Å². The standard InChI is InChI=1S/C19H22N2O4/c1-13-9-10-14(25-13)12-20(2)19(24)16-7-5-11-21(16)18(23)15-6-3-4-8-17(15)22/h3-4,6,8-10,16,22H,5,7,11-12H2,1-2H3/t16-/m1/s1. The number of carbonyl (C=O) groups is 2. The van der Waals surface area contributed by atoms with Crippen molar-refractivity contribution >= 4 is 11.8 Å². The van der Waals surface area contributed by atoms with Crippen LogP contribution in [-0.4, -0.2) is 46.4 Å². The fourth-order valence-electron chi connectivity index (χ4n) is 3.21. The lowest BCUT2D eigenvalue weighted by atomic mass is 10.1. The van der Waals surface area contributed by atoms with Crippen LogP contribution in [0.4, 0.5) is 0 Å². The molecule has 1 atom stereocenters. The van der Waals surface area contributed by atoms with Crippen molar-refractivity contribution < 1.29 is 19.1 Å². The van der Waals surface area contributed by atoms with E-state index in [-0.39, 0.29) is 23.1 Å². The molecule has 1 saturated heterocycles. The zero-order valence-corrected chi connectivity index (χ0v) is 14.4. The molecule has 0 spiro atoms. The molecular weight excluding hydrogens is 320 g/mol. The number of aryl methyl sites for hydroxylation is 1. The van der Waals surface area contributed by atoms with Crippen LogP contribution in [0, 0.1) is 6.92 Å². The van der Waals surface area contributed by atoms with E-state index in [9.17, 15) is 14.7 Å². The van der Waals surface area contributed by atoms with Gasteiger partial charge in [-0.25, -0.2) is 0 Å². The van der Waals surface area contributed by atoms with Crippen LogP contribution in [0.25, 0.3) is 0 Å². The summed E-state index contributed by atoms with van der Waals surface area (Å²) in [5, 5.41) is 9.92. The second kappa shape index (κ2) is 7.01. The van der Waals surface area contributed by atoms with E-state index in [1.54, 1.807) is 35.0 Å². The van der Waals surface area contributed by atoms with Crippen molar-refractivity contribution in [2.75, 3.05) is 13.6 Å². The van der Waals surface area contributed by atoms with Crippen LogP contribution in [-0.2, 0) is 11.3 Å². The highest BCUT2D eigenvalue weighted by Gasteiger charge is 2.36. The minimum Gasteiger partial charge on any atom is -0.507 e. The largest absolute Gasteiger partial charge is 0.507 e. The van der Waals surface area contributed by atoms with Crippen molar-refractivity contribution in [1.29, 1.82) is 0 Å². The highest BCUT2D eigenvalue weighted by Crippen LogP contribution is 2.25. The van der Waals surface area contributed by atoms with E-state index in [1.165, 1.54) is 6.07 Å². The van der Waals surface area contributed by atoms with Crippen molar-refractivity contribution in [3.63, 3.8) is 0 Å². The highest BCUT2D eigenvalue weighted by atomic mass is 16.3. The maximum atomic E-state index is 12.8. The molecule has 2 aromatic rings. The molecule has 0 aliphatic carbocycles. The van der Waals surface area contributed by atoms with Gasteiger partial charge in [-0.3, -0.25) is 9.59 Å². The molecule has 1 fully saturated rings. The third-order valence-electron chi connectivity index (χ3n) is 4.50. The van der Waals surface area contributed by atoms with E-state index in [0.29, 0.717) is 25.3 Å². The van der Waals surface area contributed by atoms with Gasteiger partial charge in [0.05, 0.1) is 12.1 Å². The molecule has 1 aliphatic heterocycles. The van der Waals surface area contributed by atoms with Crippen LogP contribution in [0.3, 0.4) is 0 Å². The minimum atomic E-state index is -0.506. The lowest BCUT2D eigenvalue weighted by Gasteiger charge is -2.28. The predicted molar refractivity (Wildman–Crippen MR) is 92.1 cm³/mol. The second-order valence-corrected chi connectivity index (χ2v) is 6.38. The maximum absolute atomic E-state index is 12.8. The van der Waals surface area contributed by atoms with E-state index in [4.69, 9.17) is 4.42 Å². The summed E-state index contributed by atoms with van der Waals surface area (Å²) in [5.74, 6) is 1.02. The minimum absolute atomic E-state index is 0.0648. The van der Waals surface area contributed by atoms with Crippen LogP contribution in [0.1, 0.15) is 34.7 Å².